The first-order valence-electron chi connectivity index (χ1n) is 10.3. The van der Waals surface area contributed by atoms with Crippen LogP contribution in [-0.4, -0.2) is 55.4 Å². The first-order chi connectivity index (χ1) is 14.8. The van der Waals surface area contributed by atoms with Crippen LogP contribution in [0.2, 0.25) is 0 Å². The molecule has 5 rings (SSSR count). The number of nitrogens with zero attached hydrogens (tertiary/aromatic N) is 8. The maximum Gasteiger partial charge on any atom is 0.451 e. The van der Waals surface area contributed by atoms with Crippen LogP contribution in [0.1, 0.15) is 36.4 Å². The fraction of sp³-hybridized carbons (Fsp3) is 0.611. The van der Waals surface area contributed by atoms with Gasteiger partial charge in [0.05, 0.1) is 11.6 Å². The molecule has 0 aliphatic carbocycles. The minimum absolute atomic E-state index is 0.0780. The fourth-order valence-electron chi connectivity index (χ4n) is 4.04. The Morgan fingerprint density at radius 2 is 1.94 bits per heavy atom. The summed E-state index contributed by atoms with van der Waals surface area (Å²) >= 11 is 1.54. The van der Waals surface area contributed by atoms with Crippen molar-refractivity contribution in [3.05, 3.63) is 16.7 Å². The van der Waals surface area contributed by atoms with E-state index in [1.165, 1.54) is 11.3 Å². The molecule has 3 aromatic rings. The summed E-state index contributed by atoms with van der Waals surface area (Å²) in [6.07, 6.45) is -1.86. The van der Waals surface area contributed by atoms with Gasteiger partial charge in [0.15, 0.2) is 16.5 Å². The molecule has 13 heteroatoms. The average molecular weight is 453 g/mol. The van der Waals surface area contributed by atoms with Crippen LogP contribution >= 0.6 is 11.3 Å². The number of hydrogen-bond donors (Lipinski definition) is 1. The molecule has 1 fully saturated rings. The first kappa shape index (κ1) is 20.4. The number of rotatable bonds is 4. The van der Waals surface area contributed by atoms with E-state index in [0.29, 0.717) is 30.4 Å². The molecule has 0 saturated carbocycles. The molecule has 0 aromatic carbocycles. The number of alkyl halides is 3. The van der Waals surface area contributed by atoms with E-state index in [-0.39, 0.29) is 25.0 Å². The number of aryl methyl sites for hydroxylation is 1. The lowest BCUT2D eigenvalue weighted by Gasteiger charge is -2.29. The molecular weight excluding hydrogens is 431 g/mol. The van der Waals surface area contributed by atoms with E-state index < -0.39 is 12.0 Å². The van der Waals surface area contributed by atoms with Crippen LogP contribution in [0.5, 0.6) is 0 Å². The summed E-state index contributed by atoms with van der Waals surface area (Å²) in [6, 6.07) is 0.0780. The lowest BCUT2D eigenvalue weighted by atomic mass is 10.3. The van der Waals surface area contributed by atoms with Crippen LogP contribution < -0.4 is 15.5 Å². The van der Waals surface area contributed by atoms with Crippen LogP contribution in [0, 0.1) is 0 Å². The number of nitrogens with two attached hydrogens (primary N) is 1. The molecule has 0 bridgehead atoms. The van der Waals surface area contributed by atoms with Gasteiger partial charge in [-0.3, -0.25) is 0 Å². The first-order valence-corrected chi connectivity index (χ1v) is 11.1. The van der Waals surface area contributed by atoms with E-state index in [2.05, 4.69) is 22.0 Å². The smallest absolute Gasteiger partial charge is 0.345 e. The van der Waals surface area contributed by atoms with Gasteiger partial charge in [-0.05, 0) is 19.3 Å². The van der Waals surface area contributed by atoms with E-state index in [0.717, 1.165) is 40.2 Å². The zero-order valence-electron chi connectivity index (χ0n) is 16.9. The van der Waals surface area contributed by atoms with Crippen LogP contribution in [-0.2, 0) is 25.7 Å². The summed E-state index contributed by atoms with van der Waals surface area (Å²) in [5, 5.41) is 8.13. The second-order valence-corrected chi connectivity index (χ2v) is 8.93. The van der Waals surface area contributed by atoms with Gasteiger partial charge in [-0.25, -0.2) is 4.98 Å². The molecule has 5 heterocycles. The van der Waals surface area contributed by atoms with Crippen molar-refractivity contribution in [2.24, 2.45) is 5.73 Å². The maximum absolute atomic E-state index is 13.2. The van der Waals surface area contributed by atoms with Gasteiger partial charge in [-0.2, -0.15) is 23.1 Å². The van der Waals surface area contributed by atoms with Crippen LogP contribution in [0.3, 0.4) is 0 Å². The van der Waals surface area contributed by atoms with E-state index in [1.807, 2.05) is 4.90 Å². The molecule has 0 unspecified atom stereocenters. The van der Waals surface area contributed by atoms with Crippen molar-refractivity contribution in [2.75, 3.05) is 29.4 Å². The molecule has 31 heavy (non-hydrogen) atoms. The topological polar surface area (TPSA) is 102 Å². The van der Waals surface area contributed by atoms with Crippen LogP contribution in [0.25, 0.3) is 10.3 Å². The molecule has 2 N–H and O–H groups in total. The minimum Gasteiger partial charge on any atom is -0.345 e. The van der Waals surface area contributed by atoms with Crippen LogP contribution in [0.15, 0.2) is 0 Å². The third-order valence-corrected chi connectivity index (χ3v) is 6.56. The Balaban J connectivity index is 1.54. The average Bonchev–Trinajstić information content (AvgIpc) is 3.43. The van der Waals surface area contributed by atoms with E-state index in [9.17, 15) is 13.2 Å². The monoisotopic (exact) mass is 453 g/mol. The third kappa shape index (κ3) is 3.69. The highest BCUT2D eigenvalue weighted by atomic mass is 32.1. The molecule has 3 aromatic heterocycles. The molecule has 0 amide bonds. The number of hydrogen-bond acceptors (Lipinski definition) is 9. The predicted octanol–water partition coefficient (Wildman–Crippen LogP) is 2.21. The van der Waals surface area contributed by atoms with Gasteiger partial charge in [0.1, 0.15) is 5.52 Å². The number of fused-ring (bicyclic) bond motifs is 2. The van der Waals surface area contributed by atoms with Gasteiger partial charge >= 0.3 is 6.18 Å². The summed E-state index contributed by atoms with van der Waals surface area (Å²) in [5.74, 6) is 0.520. The molecule has 9 nitrogen and oxygen atoms in total. The molecule has 0 spiro atoms. The van der Waals surface area contributed by atoms with E-state index in [1.54, 1.807) is 0 Å². The third-order valence-electron chi connectivity index (χ3n) is 5.55. The van der Waals surface area contributed by atoms with Gasteiger partial charge in [0.2, 0.25) is 11.8 Å². The summed E-state index contributed by atoms with van der Waals surface area (Å²) in [7, 11) is 0. The van der Waals surface area contributed by atoms with Crippen molar-refractivity contribution in [1.29, 1.82) is 0 Å². The second kappa shape index (κ2) is 7.55. The highest BCUT2D eigenvalue weighted by Gasteiger charge is 2.40. The van der Waals surface area contributed by atoms with E-state index in [4.69, 9.17) is 20.7 Å². The van der Waals surface area contributed by atoms with Gasteiger partial charge in [-0.15, -0.1) is 10.2 Å². The van der Waals surface area contributed by atoms with Crippen molar-refractivity contribution in [3.8, 4) is 0 Å². The summed E-state index contributed by atoms with van der Waals surface area (Å²) in [5.41, 5.74) is 6.75. The lowest BCUT2D eigenvalue weighted by Crippen LogP contribution is -2.36. The molecule has 0 radical (unpaired) electrons. The van der Waals surface area contributed by atoms with Crippen LogP contribution in [0.4, 0.5) is 24.9 Å². The summed E-state index contributed by atoms with van der Waals surface area (Å²) in [6.45, 7) is 4.18. The zero-order chi connectivity index (χ0) is 21.8. The van der Waals surface area contributed by atoms with Crippen molar-refractivity contribution in [3.63, 3.8) is 0 Å². The van der Waals surface area contributed by atoms with Gasteiger partial charge in [-0.1, -0.05) is 18.3 Å². The highest BCUT2D eigenvalue weighted by Crippen LogP contribution is 2.34. The fourth-order valence-corrected chi connectivity index (χ4v) is 5.07. The van der Waals surface area contributed by atoms with E-state index >= 15 is 0 Å². The molecule has 1 saturated heterocycles. The molecule has 2 aliphatic heterocycles. The Morgan fingerprint density at radius 1 is 1.10 bits per heavy atom. The number of anilines is 2. The van der Waals surface area contributed by atoms with Crippen molar-refractivity contribution < 1.29 is 13.2 Å². The quantitative estimate of drug-likeness (QED) is 0.642. The van der Waals surface area contributed by atoms with Gasteiger partial charge in [0.25, 0.3) is 0 Å². The Hall–Kier alpha value is -2.54. The maximum atomic E-state index is 13.2. The zero-order valence-corrected chi connectivity index (χ0v) is 17.7. The van der Waals surface area contributed by atoms with Crippen molar-refractivity contribution >= 4 is 33.5 Å². The normalized spacial score (nSPS) is 19.5. The van der Waals surface area contributed by atoms with Crippen molar-refractivity contribution in [1.82, 2.24) is 29.7 Å². The standard InChI is InChI=1S/C18H22F3N9S/c1-2-3-12-23-13-14(24-17(25-15(13)31-12)29-5-4-10(22)8-29)28-6-7-30-11(9-28)26-27-16(30)18(19,20)21/h10H,2-9,22H2,1H3/t10-/m0/s1. The Bertz CT molecular complexity index is 1110. The highest BCUT2D eigenvalue weighted by molar-refractivity contribution is 7.18. The van der Waals surface area contributed by atoms with Gasteiger partial charge < -0.3 is 20.1 Å². The SMILES string of the molecule is CCCc1nc2c(N3CCn4c(nnc4C(F)(F)F)C3)nc(N3CC[C@H](N)C3)nc2s1. The predicted molar refractivity (Wildman–Crippen MR) is 110 cm³/mol. The Morgan fingerprint density at radius 3 is 2.65 bits per heavy atom. The van der Waals surface area contributed by atoms with Crippen molar-refractivity contribution in [2.45, 2.75) is 51.5 Å². The largest absolute Gasteiger partial charge is 0.451 e. The molecule has 2 aliphatic rings. The minimum atomic E-state index is -4.53. The number of thiazole rings is 1. The lowest BCUT2D eigenvalue weighted by molar-refractivity contribution is -0.147. The second-order valence-electron chi connectivity index (χ2n) is 7.86. The Labute approximate surface area is 180 Å². The molecule has 1 atom stereocenters. The molecule has 166 valence electrons. The number of halogens is 3. The summed E-state index contributed by atoms with van der Waals surface area (Å²) < 4.78 is 40.7. The summed E-state index contributed by atoms with van der Waals surface area (Å²) in [4.78, 5) is 19.0. The van der Waals surface area contributed by atoms with Gasteiger partial charge in [0, 0.05) is 32.2 Å². The number of aromatic nitrogens is 6. The molecular formula is C18H22F3N9S. The Kier molecular flexibility index (Phi) is 4.96.